The number of fused-ring (bicyclic) bond motifs is 6. The third-order valence-electron chi connectivity index (χ3n) is 10.6. The van der Waals surface area contributed by atoms with Crippen LogP contribution in [0, 0.1) is 0 Å². The van der Waals surface area contributed by atoms with Crippen molar-refractivity contribution in [3.63, 3.8) is 0 Å². The number of hydrogen-bond acceptors (Lipinski definition) is 5. The maximum atomic E-state index is 13.0. The molecule has 0 unspecified atom stereocenters. The lowest BCUT2D eigenvalue weighted by atomic mass is 10.0. The molecule has 8 aromatic carbocycles. The van der Waals surface area contributed by atoms with E-state index in [1.165, 1.54) is 23.5 Å². The molecule has 0 atom stereocenters. The van der Waals surface area contributed by atoms with Gasteiger partial charge in [0, 0.05) is 53.3 Å². The van der Waals surface area contributed by atoms with Crippen molar-refractivity contribution in [2.24, 2.45) is 0 Å². The minimum Gasteiger partial charge on any atom is -0.406 e. The SMILES string of the molecule is [2H]c1c([2H])c([2H])c(-c2cccc3c2sc2c(-c4nc(-c5ccccc5)nc(-c5ccccc5)n4)cc(-n4c5ccccc5c5ccc(-c6ccc(OC(F)(F)F)cc6)cc54)cc23)c([2H])c1[2H]. The quantitative estimate of drug-likeness (QED) is 0.161. The normalized spacial score (nSPS) is 13.0. The zero-order valence-electron chi connectivity index (χ0n) is 36.8. The third kappa shape index (κ3) is 6.65. The lowest BCUT2D eigenvalue weighted by molar-refractivity contribution is -0.274. The van der Waals surface area contributed by atoms with E-state index in [0.717, 1.165) is 59.7 Å². The molecule has 11 rings (SSSR count). The van der Waals surface area contributed by atoms with Crippen molar-refractivity contribution in [2.45, 2.75) is 6.36 Å². The van der Waals surface area contributed by atoms with Crippen molar-refractivity contribution in [3.05, 3.63) is 188 Å². The van der Waals surface area contributed by atoms with E-state index in [1.54, 1.807) is 18.2 Å². The summed E-state index contributed by atoms with van der Waals surface area (Å²) in [5, 5.41) is 3.54. The molecular weight excluding hydrogens is 786 g/mol. The van der Waals surface area contributed by atoms with Gasteiger partial charge in [0.2, 0.25) is 0 Å². The van der Waals surface area contributed by atoms with Crippen molar-refractivity contribution in [2.75, 3.05) is 0 Å². The van der Waals surface area contributed by atoms with E-state index >= 15 is 0 Å². The highest BCUT2D eigenvalue weighted by atomic mass is 32.1. The first-order chi connectivity index (χ1) is 31.9. The molecule has 0 spiro atoms. The molecular formula is C52H31F3N4OS. The number of aromatic nitrogens is 4. The van der Waals surface area contributed by atoms with Gasteiger partial charge in [0.25, 0.3) is 0 Å². The summed E-state index contributed by atoms with van der Waals surface area (Å²) in [5.74, 6) is 1.01. The van der Waals surface area contributed by atoms with E-state index < -0.39 is 24.5 Å². The molecule has 9 heteroatoms. The molecule has 61 heavy (non-hydrogen) atoms. The second-order valence-electron chi connectivity index (χ2n) is 14.3. The Labute approximate surface area is 358 Å². The average Bonchev–Trinajstić information content (AvgIpc) is 3.88. The van der Waals surface area contributed by atoms with Crippen molar-refractivity contribution in [1.29, 1.82) is 0 Å². The molecule has 3 aromatic heterocycles. The largest absolute Gasteiger partial charge is 0.573 e. The van der Waals surface area contributed by atoms with E-state index in [2.05, 4.69) is 15.4 Å². The van der Waals surface area contributed by atoms with Gasteiger partial charge in [-0.2, -0.15) is 0 Å². The zero-order chi connectivity index (χ0) is 45.4. The highest BCUT2D eigenvalue weighted by Gasteiger charge is 2.31. The van der Waals surface area contributed by atoms with Crippen LogP contribution in [0.25, 0.3) is 104 Å². The fourth-order valence-corrected chi connectivity index (χ4v) is 9.28. The van der Waals surface area contributed by atoms with Gasteiger partial charge < -0.3 is 9.30 Å². The average molecular weight is 822 g/mol. The molecule has 3 heterocycles. The highest BCUT2D eigenvalue weighted by Crippen LogP contribution is 2.46. The summed E-state index contributed by atoms with van der Waals surface area (Å²) < 4.78 is 90.1. The van der Waals surface area contributed by atoms with Gasteiger partial charge in [0.15, 0.2) is 17.5 Å². The van der Waals surface area contributed by atoms with Crippen molar-refractivity contribution in [1.82, 2.24) is 19.5 Å². The smallest absolute Gasteiger partial charge is 0.406 e. The predicted octanol–water partition coefficient (Wildman–Crippen LogP) is 14.6. The fraction of sp³-hybridized carbons (Fsp3) is 0.0192. The summed E-state index contributed by atoms with van der Waals surface area (Å²) in [6, 6.07) is 46.9. The molecule has 0 amide bonds. The van der Waals surface area contributed by atoms with Gasteiger partial charge >= 0.3 is 6.36 Å². The number of benzene rings is 8. The summed E-state index contributed by atoms with van der Waals surface area (Å²) >= 11 is 1.43. The number of thiophene rings is 1. The fourth-order valence-electron chi connectivity index (χ4n) is 7.97. The number of halogens is 3. The highest BCUT2D eigenvalue weighted by molar-refractivity contribution is 7.26. The minimum absolute atomic E-state index is 0.103. The second-order valence-corrected chi connectivity index (χ2v) is 15.4. The van der Waals surface area contributed by atoms with E-state index in [4.69, 9.17) is 21.8 Å². The summed E-state index contributed by atoms with van der Waals surface area (Å²) in [7, 11) is 0. The maximum Gasteiger partial charge on any atom is 0.573 e. The number of nitrogens with zero attached hydrogens (tertiary/aromatic N) is 4. The molecule has 0 aliphatic carbocycles. The maximum absolute atomic E-state index is 13.0. The van der Waals surface area contributed by atoms with Gasteiger partial charge in [-0.15, -0.1) is 24.5 Å². The van der Waals surface area contributed by atoms with E-state index in [1.807, 2.05) is 121 Å². The second kappa shape index (κ2) is 14.6. The Balaban J connectivity index is 1.22. The van der Waals surface area contributed by atoms with E-state index in [0.29, 0.717) is 38.9 Å². The molecule has 0 aliphatic rings. The molecule has 0 aliphatic heterocycles. The van der Waals surface area contributed by atoms with Crippen LogP contribution in [0.4, 0.5) is 13.2 Å². The molecule has 0 radical (unpaired) electrons. The van der Waals surface area contributed by atoms with Gasteiger partial charge in [0.05, 0.1) is 17.9 Å². The molecule has 292 valence electrons. The van der Waals surface area contributed by atoms with Crippen molar-refractivity contribution < 1.29 is 24.8 Å². The first-order valence-corrected chi connectivity index (χ1v) is 20.1. The van der Waals surface area contributed by atoms with E-state index in [9.17, 15) is 13.2 Å². The van der Waals surface area contributed by atoms with Crippen LogP contribution in [0.15, 0.2) is 188 Å². The molecule has 0 bridgehead atoms. The third-order valence-corrected chi connectivity index (χ3v) is 11.9. The molecule has 0 saturated carbocycles. The lowest BCUT2D eigenvalue weighted by Gasteiger charge is -2.14. The van der Waals surface area contributed by atoms with Crippen LogP contribution in [0.3, 0.4) is 0 Å². The molecule has 0 fully saturated rings. The standard InChI is InChI=1S/C52H31F3N4OS/c53-52(54,55)60-38-26-23-32(24-27-38)36-25-28-41-40-19-10-11-22-45(40)59(46(41)29-36)37-30-43-42-21-12-20-39(33-13-4-1-5-14-33)47(42)61-48(43)44(31-37)51-57-49(34-15-6-2-7-16-34)56-50(58-51)35-17-8-3-9-18-35/h1-31H/i1D,4D,5D,13D,14D. The van der Waals surface area contributed by atoms with Gasteiger partial charge in [-0.05, 0) is 58.7 Å². The van der Waals surface area contributed by atoms with Crippen LogP contribution < -0.4 is 4.74 Å². The monoisotopic (exact) mass is 821 g/mol. The van der Waals surface area contributed by atoms with Crippen LogP contribution in [0.1, 0.15) is 6.85 Å². The van der Waals surface area contributed by atoms with Gasteiger partial charge in [0.1, 0.15) is 5.75 Å². The van der Waals surface area contributed by atoms with Crippen LogP contribution in [-0.4, -0.2) is 25.9 Å². The number of para-hydroxylation sites is 1. The van der Waals surface area contributed by atoms with Crippen LogP contribution in [-0.2, 0) is 0 Å². The van der Waals surface area contributed by atoms with Crippen LogP contribution >= 0.6 is 11.3 Å². The molecule has 0 N–H and O–H groups in total. The van der Waals surface area contributed by atoms with Crippen LogP contribution in [0.5, 0.6) is 5.75 Å². The first kappa shape index (κ1) is 31.3. The van der Waals surface area contributed by atoms with Crippen molar-refractivity contribution >= 4 is 53.3 Å². The number of hydrogen-bond donors (Lipinski definition) is 0. The topological polar surface area (TPSA) is 52.8 Å². The molecule has 5 nitrogen and oxygen atoms in total. The van der Waals surface area contributed by atoms with Crippen LogP contribution in [0.2, 0.25) is 0 Å². The van der Waals surface area contributed by atoms with Gasteiger partial charge in [-0.1, -0.05) is 152 Å². The first-order valence-electron chi connectivity index (χ1n) is 21.8. The number of rotatable bonds is 7. The minimum atomic E-state index is -4.82. The number of ether oxygens (including phenoxy) is 1. The summed E-state index contributed by atoms with van der Waals surface area (Å²) in [6.45, 7) is 0. The Morgan fingerprint density at radius 2 is 1.08 bits per heavy atom. The Kier molecular flexibility index (Phi) is 7.49. The number of alkyl halides is 3. The molecule has 11 aromatic rings. The Morgan fingerprint density at radius 3 is 1.79 bits per heavy atom. The Hall–Kier alpha value is -7.62. The van der Waals surface area contributed by atoms with Crippen molar-refractivity contribution in [3.8, 4) is 67.9 Å². The van der Waals surface area contributed by atoms with Gasteiger partial charge in [-0.25, -0.2) is 15.0 Å². The summed E-state index contributed by atoms with van der Waals surface area (Å²) in [4.78, 5) is 15.3. The zero-order valence-corrected chi connectivity index (χ0v) is 32.6. The summed E-state index contributed by atoms with van der Waals surface area (Å²) in [6.07, 6.45) is -4.82. The predicted molar refractivity (Wildman–Crippen MR) is 241 cm³/mol. The lowest BCUT2D eigenvalue weighted by Crippen LogP contribution is -2.16. The van der Waals surface area contributed by atoms with Gasteiger partial charge in [-0.3, -0.25) is 0 Å². The molecule has 0 saturated heterocycles. The Morgan fingerprint density at radius 1 is 0.475 bits per heavy atom. The summed E-state index contributed by atoms with van der Waals surface area (Å²) in [5.41, 5.74) is 6.80. The Bertz CT molecular complexity index is 3640. The van der Waals surface area contributed by atoms with E-state index in [-0.39, 0.29) is 23.4 Å².